The predicted molar refractivity (Wildman–Crippen MR) is 126 cm³/mol. The highest BCUT2D eigenvalue weighted by atomic mass is 16.5. The molecule has 1 N–H and O–H groups in total. The molecular weight excluding hydrogens is 388 g/mol. The van der Waals surface area contributed by atoms with Crippen LogP contribution in [-0.4, -0.2) is 69.3 Å². The van der Waals surface area contributed by atoms with Gasteiger partial charge >= 0.3 is 0 Å². The zero-order valence-corrected chi connectivity index (χ0v) is 18.7. The number of rotatable bonds is 6. The van der Waals surface area contributed by atoms with Gasteiger partial charge in [0.25, 0.3) is 5.91 Å². The van der Waals surface area contributed by atoms with Crippen molar-refractivity contribution in [2.24, 2.45) is 0 Å². The van der Waals surface area contributed by atoms with E-state index in [0.717, 1.165) is 58.0 Å². The number of hydrogen-bond acceptors (Lipinski definition) is 5. The fourth-order valence-corrected chi connectivity index (χ4v) is 4.25. The second-order valence-corrected chi connectivity index (χ2v) is 8.61. The summed E-state index contributed by atoms with van der Waals surface area (Å²) < 4.78 is 5.41. The molecule has 2 aromatic carbocycles. The fraction of sp³-hybridized carbons (Fsp3) is 0.480. The molecule has 2 aliphatic heterocycles. The molecule has 166 valence electrons. The molecule has 0 bridgehead atoms. The number of carbonyl (C=O) groups excluding carboxylic acids is 1. The van der Waals surface area contributed by atoms with E-state index in [4.69, 9.17) is 4.74 Å². The third-order valence-electron chi connectivity index (χ3n) is 6.30. The molecule has 2 saturated heterocycles. The molecule has 2 fully saturated rings. The molecule has 0 atom stereocenters. The summed E-state index contributed by atoms with van der Waals surface area (Å²) >= 11 is 0. The zero-order valence-electron chi connectivity index (χ0n) is 18.7. The number of morpholine rings is 1. The number of ether oxygens (including phenoxy) is 1. The van der Waals surface area contributed by atoms with Crippen molar-refractivity contribution in [3.05, 3.63) is 59.7 Å². The van der Waals surface area contributed by atoms with Gasteiger partial charge in [-0.25, -0.2) is 0 Å². The van der Waals surface area contributed by atoms with E-state index in [1.54, 1.807) is 0 Å². The van der Waals surface area contributed by atoms with Crippen LogP contribution in [-0.2, 0) is 11.3 Å². The number of carbonyl (C=O) groups is 1. The molecular formula is C25H34N4O2. The van der Waals surface area contributed by atoms with Crippen molar-refractivity contribution in [2.75, 3.05) is 62.3 Å². The van der Waals surface area contributed by atoms with Gasteiger partial charge in [0.2, 0.25) is 0 Å². The summed E-state index contributed by atoms with van der Waals surface area (Å²) in [5.41, 5.74) is 4.21. The third-order valence-corrected chi connectivity index (χ3v) is 6.30. The van der Waals surface area contributed by atoms with E-state index in [-0.39, 0.29) is 5.91 Å². The largest absolute Gasteiger partial charge is 0.378 e. The lowest BCUT2D eigenvalue weighted by atomic mass is 10.1. The molecule has 6 nitrogen and oxygen atoms in total. The molecule has 0 radical (unpaired) electrons. The monoisotopic (exact) mass is 422 g/mol. The van der Waals surface area contributed by atoms with Gasteiger partial charge in [-0.1, -0.05) is 12.1 Å². The first-order chi connectivity index (χ1) is 15.1. The van der Waals surface area contributed by atoms with Crippen molar-refractivity contribution >= 4 is 17.3 Å². The number of benzene rings is 2. The van der Waals surface area contributed by atoms with Crippen molar-refractivity contribution in [2.45, 2.75) is 26.4 Å². The van der Waals surface area contributed by atoms with Crippen LogP contribution in [0.5, 0.6) is 0 Å². The van der Waals surface area contributed by atoms with E-state index in [0.29, 0.717) is 18.2 Å². The Morgan fingerprint density at radius 3 is 1.97 bits per heavy atom. The molecule has 0 aliphatic carbocycles. The fourth-order valence-electron chi connectivity index (χ4n) is 4.25. The maximum Gasteiger partial charge on any atom is 0.251 e. The van der Waals surface area contributed by atoms with E-state index in [1.807, 2.05) is 12.1 Å². The first-order valence-corrected chi connectivity index (χ1v) is 11.4. The standard InChI is InChI=1S/C25H34N4O2/c1-20(2)27-11-13-28(14-12-27)24-9-5-22(6-10-24)25(30)26-19-21-3-7-23(8-4-21)29-15-17-31-18-16-29/h3-10,20H,11-19H2,1-2H3,(H,26,30). The molecule has 2 heterocycles. The Bertz CT molecular complexity index is 837. The molecule has 2 aromatic rings. The van der Waals surface area contributed by atoms with Crippen molar-refractivity contribution in [1.29, 1.82) is 0 Å². The lowest BCUT2D eigenvalue weighted by Gasteiger charge is -2.38. The maximum atomic E-state index is 12.6. The molecule has 6 heteroatoms. The minimum atomic E-state index is -0.0339. The second kappa shape index (κ2) is 10.2. The van der Waals surface area contributed by atoms with E-state index >= 15 is 0 Å². The highest BCUT2D eigenvalue weighted by Gasteiger charge is 2.19. The Labute approximate surface area is 185 Å². The Morgan fingerprint density at radius 1 is 0.839 bits per heavy atom. The number of nitrogens with zero attached hydrogens (tertiary/aromatic N) is 3. The van der Waals surface area contributed by atoms with E-state index < -0.39 is 0 Å². The molecule has 31 heavy (non-hydrogen) atoms. The van der Waals surface area contributed by atoms with Crippen molar-refractivity contribution in [1.82, 2.24) is 10.2 Å². The SMILES string of the molecule is CC(C)N1CCN(c2ccc(C(=O)NCc3ccc(N4CCOCC4)cc3)cc2)CC1. The quantitative estimate of drug-likeness (QED) is 0.776. The Hall–Kier alpha value is -2.57. The third kappa shape index (κ3) is 5.57. The van der Waals surface area contributed by atoms with Gasteiger partial charge in [0.1, 0.15) is 0 Å². The van der Waals surface area contributed by atoms with Gasteiger partial charge in [-0.3, -0.25) is 9.69 Å². The van der Waals surface area contributed by atoms with Crippen molar-refractivity contribution in [3.8, 4) is 0 Å². The van der Waals surface area contributed by atoms with Gasteiger partial charge in [-0.2, -0.15) is 0 Å². The number of anilines is 2. The minimum absolute atomic E-state index is 0.0339. The highest BCUT2D eigenvalue weighted by molar-refractivity contribution is 5.94. The summed E-state index contributed by atoms with van der Waals surface area (Å²) in [5.74, 6) is -0.0339. The Balaban J connectivity index is 1.27. The summed E-state index contributed by atoms with van der Waals surface area (Å²) in [7, 11) is 0. The second-order valence-electron chi connectivity index (χ2n) is 8.61. The van der Waals surface area contributed by atoms with Crippen LogP contribution >= 0.6 is 0 Å². The summed E-state index contributed by atoms with van der Waals surface area (Å²) in [4.78, 5) is 19.8. The van der Waals surface area contributed by atoms with Gasteiger partial charge in [0.05, 0.1) is 13.2 Å². The zero-order chi connectivity index (χ0) is 21.6. The van der Waals surface area contributed by atoms with Crippen LogP contribution < -0.4 is 15.1 Å². The van der Waals surface area contributed by atoms with Crippen molar-refractivity contribution in [3.63, 3.8) is 0 Å². The molecule has 2 aliphatic rings. The molecule has 0 saturated carbocycles. The topological polar surface area (TPSA) is 48.0 Å². The van der Waals surface area contributed by atoms with Crippen LogP contribution in [0.4, 0.5) is 11.4 Å². The lowest BCUT2D eigenvalue weighted by molar-refractivity contribution is 0.0951. The Morgan fingerprint density at radius 2 is 1.39 bits per heavy atom. The number of hydrogen-bond donors (Lipinski definition) is 1. The number of amides is 1. The first kappa shape index (κ1) is 21.7. The highest BCUT2D eigenvalue weighted by Crippen LogP contribution is 2.19. The summed E-state index contributed by atoms with van der Waals surface area (Å²) in [6, 6.07) is 17.0. The van der Waals surface area contributed by atoms with E-state index in [2.05, 4.69) is 70.3 Å². The van der Waals surface area contributed by atoms with Gasteiger partial charge in [0, 0.05) is 68.8 Å². The molecule has 4 rings (SSSR count). The van der Waals surface area contributed by atoms with Gasteiger partial charge in [-0.15, -0.1) is 0 Å². The summed E-state index contributed by atoms with van der Waals surface area (Å²) in [6.45, 7) is 12.7. The summed E-state index contributed by atoms with van der Waals surface area (Å²) in [6.07, 6.45) is 0. The number of piperazine rings is 1. The van der Waals surface area contributed by atoms with Crippen LogP contribution in [0.3, 0.4) is 0 Å². The predicted octanol–water partition coefficient (Wildman–Crippen LogP) is 2.98. The van der Waals surface area contributed by atoms with Crippen LogP contribution in [0.2, 0.25) is 0 Å². The van der Waals surface area contributed by atoms with E-state index in [1.165, 1.54) is 11.4 Å². The summed E-state index contributed by atoms with van der Waals surface area (Å²) in [5, 5.41) is 3.04. The number of nitrogens with one attached hydrogen (secondary N) is 1. The maximum absolute atomic E-state index is 12.6. The lowest BCUT2D eigenvalue weighted by Crippen LogP contribution is -2.48. The van der Waals surface area contributed by atoms with Crippen molar-refractivity contribution < 1.29 is 9.53 Å². The Kier molecular flexibility index (Phi) is 7.10. The minimum Gasteiger partial charge on any atom is -0.378 e. The molecule has 1 amide bonds. The van der Waals surface area contributed by atoms with Crippen LogP contribution in [0.25, 0.3) is 0 Å². The van der Waals surface area contributed by atoms with Crippen LogP contribution in [0.1, 0.15) is 29.8 Å². The average molecular weight is 423 g/mol. The van der Waals surface area contributed by atoms with Crippen LogP contribution in [0, 0.1) is 0 Å². The van der Waals surface area contributed by atoms with Gasteiger partial charge in [0.15, 0.2) is 0 Å². The average Bonchev–Trinajstić information content (AvgIpc) is 2.83. The molecule has 0 aromatic heterocycles. The van der Waals surface area contributed by atoms with Gasteiger partial charge in [-0.05, 0) is 55.8 Å². The molecule has 0 unspecified atom stereocenters. The van der Waals surface area contributed by atoms with Crippen LogP contribution in [0.15, 0.2) is 48.5 Å². The normalized spacial score (nSPS) is 17.8. The van der Waals surface area contributed by atoms with E-state index in [9.17, 15) is 4.79 Å². The first-order valence-electron chi connectivity index (χ1n) is 11.4. The van der Waals surface area contributed by atoms with Gasteiger partial charge < -0.3 is 19.9 Å². The smallest absolute Gasteiger partial charge is 0.251 e. The molecule has 0 spiro atoms.